The van der Waals surface area contributed by atoms with Crippen molar-refractivity contribution in [2.75, 3.05) is 31.7 Å². The lowest BCUT2D eigenvalue weighted by Gasteiger charge is -2.35. The Morgan fingerprint density at radius 2 is 2.00 bits per heavy atom. The number of aliphatic hydroxyl groups excluding tert-OH is 1. The van der Waals surface area contributed by atoms with Gasteiger partial charge >= 0.3 is 0 Å². The van der Waals surface area contributed by atoms with Crippen LogP contribution in [0.4, 0.5) is 5.69 Å². The Morgan fingerprint density at radius 1 is 1.32 bits per heavy atom. The topological polar surface area (TPSA) is 32.7 Å². The Morgan fingerprint density at radius 3 is 2.63 bits per heavy atom. The first-order chi connectivity index (χ1) is 9.26. The zero-order valence-corrected chi connectivity index (χ0v) is 12.0. The number of para-hydroxylation sites is 1. The number of methoxy groups -OCH3 is 1. The second-order valence-corrected chi connectivity index (χ2v) is 5.37. The van der Waals surface area contributed by atoms with Crippen LogP contribution in [-0.4, -0.2) is 31.9 Å². The Balaban J connectivity index is 2.07. The van der Waals surface area contributed by atoms with Crippen molar-refractivity contribution in [2.45, 2.75) is 32.3 Å². The minimum Gasteiger partial charge on any atom is -0.388 e. The van der Waals surface area contributed by atoms with E-state index in [0.29, 0.717) is 5.92 Å². The van der Waals surface area contributed by atoms with E-state index in [0.717, 1.165) is 31.7 Å². The number of rotatable bonds is 5. The van der Waals surface area contributed by atoms with Crippen molar-refractivity contribution in [1.29, 1.82) is 0 Å². The summed E-state index contributed by atoms with van der Waals surface area (Å²) in [6, 6.07) is 8.24. The van der Waals surface area contributed by atoms with Crippen molar-refractivity contribution in [2.24, 2.45) is 5.92 Å². The third kappa shape index (κ3) is 3.48. The number of benzene rings is 1. The highest BCUT2D eigenvalue weighted by molar-refractivity contribution is 5.54. The molecule has 0 bridgehead atoms. The molecular weight excluding hydrogens is 238 g/mol. The highest BCUT2D eigenvalue weighted by atomic mass is 16.5. The van der Waals surface area contributed by atoms with Gasteiger partial charge in [-0.25, -0.2) is 0 Å². The molecule has 1 aromatic rings. The Kier molecular flexibility index (Phi) is 5.23. The van der Waals surface area contributed by atoms with E-state index in [1.54, 1.807) is 7.11 Å². The second-order valence-electron chi connectivity index (χ2n) is 5.37. The molecule has 1 heterocycles. The van der Waals surface area contributed by atoms with Gasteiger partial charge in [-0.15, -0.1) is 0 Å². The summed E-state index contributed by atoms with van der Waals surface area (Å²) in [5, 5.41) is 10.1. The van der Waals surface area contributed by atoms with E-state index in [2.05, 4.69) is 17.0 Å². The number of ether oxygens (including phenoxy) is 1. The molecule has 2 rings (SSSR count). The lowest BCUT2D eigenvalue weighted by atomic mass is 9.96. The number of hydrogen-bond donors (Lipinski definition) is 1. The average Bonchev–Trinajstić information content (AvgIpc) is 2.47. The number of nitrogens with zero attached hydrogens (tertiary/aromatic N) is 1. The van der Waals surface area contributed by atoms with Crippen molar-refractivity contribution in [3.8, 4) is 0 Å². The fraction of sp³-hybridized carbons (Fsp3) is 0.625. The fourth-order valence-corrected chi connectivity index (χ4v) is 2.85. The molecule has 1 aliphatic rings. The summed E-state index contributed by atoms with van der Waals surface area (Å²) in [4.78, 5) is 2.40. The lowest BCUT2D eigenvalue weighted by Crippen LogP contribution is -2.35. The Hall–Kier alpha value is -1.06. The van der Waals surface area contributed by atoms with Gasteiger partial charge < -0.3 is 14.7 Å². The molecule has 1 aromatic carbocycles. The minimum absolute atomic E-state index is 0.354. The molecule has 0 unspecified atom stereocenters. The summed E-state index contributed by atoms with van der Waals surface area (Å²) < 4.78 is 5.24. The minimum atomic E-state index is -0.354. The van der Waals surface area contributed by atoms with Gasteiger partial charge in [-0.1, -0.05) is 25.1 Å². The predicted molar refractivity (Wildman–Crippen MR) is 78.5 cm³/mol. The molecule has 19 heavy (non-hydrogen) atoms. The number of anilines is 1. The van der Waals surface area contributed by atoms with Crippen molar-refractivity contribution >= 4 is 5.69 Å². The van der Waals surface area contributed by atoms with E-state index in [4.69, 9.17) is 4.74 Å². The van der Waals surface area contributed by atoms with E-state index in [9.17, 15) is 5.11 Å². The van der Waals surface area contributed by atoms with Crippen molar-refractivity contribution in [3.05, 3.63) is 29.8 Å². The summed E-state index contributed by atoms with van der Waals surface area (Å²) in [6.45, 7) is 5.00. The normalized spacial score (nSPS) is 18.6. The van der Waals surface area contributed by atoms with Crippen LogP contribution < -0.4 is 4.90 Å². The summed E-state index contributed by atoms with van der Waals surface area (Å²) in [6.07, 6.45) is 2.75. The van der Waals surface area contributed by atoms with Gasteiger partial charge in [0.2, 0.25) is 0 Å². The fourth-order valence-electron chi connectivity index (χ4n) is 2.85. The third-order valence-corrected chi connectivity index (χ3v) is 4.04. The van der Waals surface area contributed by atoms with E-state index in [1.807, 2.05) is 19.1 Å². The van der Waals surface area contributed by atoms with Gasteiger partial charge in [-0.3, -0.25) is 0 Å². The smallest absolute Gasteiger partial charge is 0.0807 e. The SMILES string of the molecule is CC[C@@H](O)c1ccccc1N1CCC(COC)CC1. The molecule has 106 valence electrons. The molecule has 0 amide bonds. The van der Waals surface area contributed by atoms with Gasteiger partial charge in [0.1, 0.15) is 0 Å². The maximum atomic E-state index is 10.1. The van der Waals surface area contributed by atoms with E-state index in [1.165, 1.54) is 18.5 Å². The molecule has 0 aliphatic carbocycles. The second kappa shape index (κ2) is 6.92. The van der Waals surface area contributed by atoms with Crippen molar-refractivity contribution in [1.82, 2.24) is 0 Å². The number of hydrogen-bond acceptors (Lipinski definition) is 3. The number of aliphatic hydroxyl groups is 1. The molecule has 1 aliphatic heterocycles. The van der Waals surface area contributed by atoms with Gasteiger partial charge in [-0.05, 0) is 31.2 Å². The lowest BCUT2D eigenvalue weighted by molar-refractivity contribution is 0.138. The zero-order chi connectivity index (χ0) is 13.7. The average molecular weight is 263 g/mol. The molecule has 3 heteroatoms. The summed E-state index contributed by atoms with van der Waals surface area (Å²) in [5.41, 5.74) is 2.27. The molecule has 0 saturated carbocycles. The van der Waals surface area contributed by atoms with E-state index < -0.39 is 0 Å². The maximum Gasteiger partial charge on any atom is 0.0807 e. The molecule has 0 spiro atoms. The van der Waals surface area contributed by atoms with Crippen LogP contribution in [-0.2, 0) is 4.74 Å². The molecule has 0 radical (unpaired) electrons. The van der Waals surface area contributed by atoms with Crippen LogP contribution >= 0.6 is 0 Å². The summed E-state index contributed by atoms with van der Waals surface area (Å²) >= 11 is 0. The largest absolute Gasteiger partial charge is 0.388 e. The van der Waals surface area contributed by atoms with Gasteiger partial charge in [-0.2, -0.15) is 0 Å². The molecule has 1 fully saturated rings. The van der Waals surface area contributed by atoms with Gasteiger partial charge in [0.05, 0.1) is 6.10 Å². The Bertz CT molecular complexity index is 386. The van der Waals surface area contributed by atoms with Gasteiger partial charge in [0.25, 0.3) is 0 Å². The van der Waals surface area contributed by atoms with Crippen LogP contribution in [0.25, 0.3) is 0 Å². The van der Waals surface area contributed by atoms with Crippen LogP contribution in [0.1, 0.15) is 37.9 Å². The molecular formula is C16H25NO2. The molecule has 0 aromatic heterocycles. The van der Waals surface area contributed by atoms with Crippen LogP contribution in [0.3, 0.4) is 0 Å². The quantitative estimate of drug-likeness (QED) is 0.886. The molecule has 1 atom stereocenters. The highest BCUT2D eigenvalue weighted by Gasteiger charge is 2.22. The number of piperidine rings is 1. The highest BCUT2D eigenvalue weighted by Crippen LogP contribution is 2.31. The van der Waals surface area contributed by atoms with Crippen LogP contribution in [0.2, 0.25) is 0 Å². The van der Waals surface area contributed by atoms with Crippen molar-refractivity contribution < 1.29 is 9.84 Å². The summed E-state index contributed by atoms with van der Waals surface area (Å²) in [7, 11) is 1.78. The van der Waals surface area contributed by atoms with Crippen molar-refractivity contribution in [3.63, 3.8) is 0 Å². The maximum absolute atomic E-state index is 10.1. The Labute approximate surface area is 116 Å². The first kappa shape index (κ1) is 14.4. The predicted octanol–water partition coefficient (Wildman–Crippen LogP) is 2.99. The first-order valence-electron chi connectivity index (χ1n) is 7.27. The molecule has 1 saturated heterocycles. The third-order valence-electron chi connectivity index (χ3n) is 4.04. The zero-order valence-electron chi connectivity index (χ0n) is 12.0. The van der Waals surface area contributed by atoms with Gasteiger partial charge in [0.15, 0.2) is 0 Å². The molecule has 1 N–H and O–H groups in total. The van der Waals surface area contributed by atoms with Gasteiger partial charge in [0, 0.05) is 38.1 Å². The van der Waals surface area contributed by atoms with E-state index in [-0.39, 0.29) is 6.10 Å². The molecule has 3 nitrogen and oxygen atoms in total. The van der Waals surface area contributed by atoms with Crippen LogP contribution in [0.15, 0.2) is 24.3 Å². The van der Waals surface area contributed by atoms with Crippen LogP contribution in [0.5, 0.6) is 0 Å². The standard InChI is InChI=1S/C16H25NO2/c1-3-16(18)14-6-4-5-7-15(14)17-10-8-13(9-11-17)12-19-2/h4-7,13,16,18H,3,8-12H2,1-2H3/t16-/m1/s1. The summed E-state index contributed by atoms with van der Waals surface area (Å²) in [5.74, 6) is 0.685. The first-order valence-corrected chi connectivity index (χ1v) is 7.27. The van der Waals surface area contributed by atoms with E-state index >= 15 is 0 Å². The monoisotopic (exact) mass is 263 g/mol. The van der Waals surface area contributed by atoms with Crippen LogP contribution in [0, 0.1) is 5.92 Å².